The number of sulfonamides is 1. The number of hydrogen-bond acceptors (Lipinski definition) is 4. The summed E-state index contributed by atoms with van der Waals surface area (Å²) in [6.07, 6.45) is 0.938. The number of hydrogen-bond donors (Lipinski definition) is 0. The van der Waals surface area contributed by atoms with Gasteiger partial charge in [0, 0.05) is 33.1 Å². The Kier molecular flexibility index (Phi) is 6.89. The van der Waals surface area contributed by atoms with Crippen LogP contribution in [0.1, 0.15) is 17.5 Å². The average molecular weight is 453 g/mol. The second-order valence-electron chi connectivity index (χ2n) is 8.05. The Morgan fingerprint density at radius 1 is 0.969 bits per heavy atom. The number of amides is 1. The molecule has 1 heterocycles. The number of carbonyl (C=O) groups excluding carboxylic acids is 1. The van der Waals surface area contributed by atoms with Crippen molar-refractivity contribution in [2.45, 2.75) is 24.3 Å². The zero-order valence-electron chi connectivity index (χ0n) is 18.2. The third-order valence-electron chi connectivity index (χ3n) is 5.87. The van der Waals surface area contributed by atoms with Crippen LogP contribution in [0.15, 0.2) is 71.6 Å². The minimum atomic E-state index is -3.50. The number of carbonyl (C=O) groups is 1. The summed E-state index contributed by atoms with van der Waals surface area (Å²) < 4.78 is 32.2. The summed E-state index contributed by atoms with van der Waals surface area (Å²) in [5.74, 6) is 0.0583. The molecule has 1 fully saturated rings. The lowest BCUT2D eigenvalue weighted by Gasteiger charge is -2.26. The van der Waals surface area contributed by atoms with Gasteiger partial charge in [-0.05, 0) is 40.5 Å². The van der Waals surface area contributed by atoms with E-state index in [1.807, 2.05) is 25.2 Å². The minimum Gasteiger partial charge on any atom is -0.379 e. The predicted octanol–water partition coefficient (Wildman–Crippen LogP) is 3.45. The van der Waals surface area contributed by atoms with Crippen LogP contribution >= 0.6 is 0 Å². The summed E-state index contributed by atoms with van der Waals surface area (Å²) in [6.45, 7) is 2.15. The van der Waals surface area contributed by atoms with Crippen LogP contribution in [0.25, 0.3) is 10.8 Å². The van der Waals surface area contributed by atoms with E-state index in [1.54, 1.807) is 29.2 Å². The van der Waals surface area contributed by atoms with Gasteiger partial charge in [0.25, 0.3) is 0 Å². The van der Waals surface area contributed by atoms with Gasteiger partial charge < -0.3 is 9.64 Å². The maximum absolute atomic E-state index is 12.7. The van der Waals surface area contributed by atoms with Crippen molar-refractivity contribution in [1.29, 1.82) is 0 Å². The maximum atomic E-state index is 12.7. The highest BCUT2D eigenvalue weighted by Crippen LogP contribution is 2.21. The Morgan fingerprint density at radius 2 is 1.66 bits per heavy atom. The molecule has 3 aromatic rings. The number of benzene rings is 3. The molecule has 1 saturated heterocycles. The van der Waals surface area contributed by atoms with Gasteiger partial charge in [0.2, 0.25) is 15.9 Å². The Morgan fingerprint density at radius 3 is 2.41 bits per heavy atom. The summed E-state index contributed by atoms with van der Waals surface area (Å²) >= 11 is 0. The van der Waals surface area contributed by atoms with Crippen molar-refractivity contribution < 1.29 is 17.9 Å². The molecule has 6 nitrogen and oxygen atoms in total. The van der Waals surface area contributed by atoms with E-state index >= 15 is 0 Å². The van der Waals surface area contributed by atoms with Gasteiger partial charge in [-0.3, -0.25) is 4.79 Å². The minimum absolute atomic E-state index is 0.0583. The first-order chi connectivity index (χ1) is 15.4. The fraction of sp³-hybridized carbons (Fsp3) is 0.320. The van der Waals surface area contributed by atoms with E-state index in [0.29, 0.717) is 45.7 Å². The number of ether oxygens (including phenoxy) is 1. The molecule has 0 N–H and O–H groups in total. The topological polar surface area (TPSA) is 66.9 Å². The standard InChI is InChI=1S/C25H28N2O4S/c1-26(19-22-7-4-6-21-5-2-3-8-24(21)22)25(28)14-11-20-9-12-23(13-10-20)32(29,30)27-15-17-31-18-16-27/h2-10,12-13H,11,14-19H2,1H3. The SMILES string of the molecule is CN(Cc1cccc2ccccc12)C(=O)CCc1ccc(S(=O)(=O)N2CCOCC2)cc1. The van der Waals surface area contributed by atoms with E-state index in [9.17, 15) is 13.2 Å². The Hall–Kier alpha value is -2.74. The number of aryl methyl sites for hydroxylation is 1. The fourth-order valence-electron chi connectivity index (χ4n) is 3.98. The highest BCUT2D eigenvalue weighted by Gasteiger charge is 2.26. The van der Waals surface area contributed by atoms with Gasteiger partial charge in [-0.15, -0.1) is 0 Å². The van der Waals surface area contributed by atoms with E-state index in [-0.39, 0.29) is 10.8 Å². The van der Waals surface area contributed by atoms with Crippen LogP contribution in [0.3, 0.4) is 0 Å². The van der Waals surface area contributed by atoms with Crippen molar-refractivity contribution >= 4 is 26.7 Å². The Labute approximate surface area is 189 Å². The summed E-state index contributed by atoms with van der Waals surface area (Å²) in [6, 6.07) is 21.2. The summed E-state index contributed by atoms with van der Waals surface area (Å²) in [5, 5.41) is 2.32. The van der Waals surface area contributed by atoms with Crippen molar-refractivity contribution in [3.8, 4) is 0 Å². The first-order valence-corrected chi connectivity index (χ1v) is 12.3. The molecular weight excluding hydrogens is 424 g/mol. The van der Waals surface area contributed by atoms with E-state index in [0.717, 1.165) is 21.9 Å². The zero-order valence-corrected chi connectivity index (χ0v) is 19.1. The quantitative estimate of drug-likeness (QED) is 0.551. The number of rotatable bonds is 7. The molecule has 168 valence electrons. The van der Waals surface area contributed by atoms with Gasteiger partial charge >= 0.3 is 0 Å². The Balaban J connectivity index is 1.35. The smallest absolute Gasteiger partial charge is 0.243 e. The van der Waals surface area contributed by atoms with Gasteiger partial charge in [0.1, 0.15) is 0 Å². The van der Waals surface area contributed by atoms with Crippen LogP contribution in [0, 0.1) is 0 Å². The lowest BCUT2D eigenvalue weighted by molar-refractivity contribution is -0.130. The van der Waals surface area contributed by atoms with E-state index in [4.69, 9.17) is 4.74 Å². The molecule has 0 saturated carbocycles. The number of fused-ring (bicyclic) bond motifs is 1. The zero-order chi connectivity index (χ0) is 22.6. The van der Waals surface area contributed by atoms with Crippen LogP contribution in [-0.2, 0) is 32.5 Å². The second-order valence-corrected chi connectivity index (χ2v) is 9.99. The third-order valence-corrected chi connectivity index (χ3v) is 7.78. The predicted molar refractivity (Wildman–Crippen MR) is 125 cm³/mol. The number of nitrogens with zero attached hydrogens (tertiary/aromatic N) is 2. The summed E-state index contributed by atoms with van der Waals surface area (Å²) in [5.41, 5.74) is 2.06. The molecule has 7 heteroatoms. The van der Waals surface area contributed by atoms with Crippen LogP contribution in [-0.4, -0.2) is 56.9 Å². The van der Waals surface area contributed by atoms with E-state index < -0.39 is 10.0 Å². The normalized spacial score (nSPS) is 15.0. The van der Waals surface area contributed by atoms with Crippen LogP contribution in [0.4, 0.5) is 0 Å². The summed E-state index contributed by atoms with van der Waals surface area (Å²) in [4.78, 5) is 14.7. The first-order valence-electron chi connectivity index (χ1n) is 10.8. The van der Waals surface area contributed by atoms with Gasteiger partial charge in [-0.25, -0.2) is 8.42 Å². The lowest BCUT2D eigenvalue weighted by Crippen LogP contribution is -2.40. The number of morpholine rings is 1. The molecule has 0 aliphatic carbocycles. The monoisotopic (exact) mass is 452 g/mol. The molecular formula is C25H28N2O4S. The van der Waals surface area contributed by atoms with Gasteiger partial charge in [0.15, 0.2) is 0 Å². The van der Waals surface area contributed by atoms with Crippen LogP contribution in [0.2, 0.25) is 0 Å². The van der Waals surface area contributed by atoms with Crippen LogP contribution in [0.5, 0.6) is 0 Å². The second kappa shape index (κ2) is 9.81. The molecule has 1 aliphatic heterocycles. The molecule has 3 aromatic carbocycles. The molecule has 1 aliphatic rings. The Bertz CT molecular complexity index is 1180. The molecule has 32 heavy (non-hydrogen) atoms. The van der Waals surface area contributed by atoms with Crippen molar-refractivity contribution in [1.82, 2.24) is 9.21 Å². The van der Waals surface area contributed by atoms with Crippen molar-refractivity contribution in [3.05, 3.63) is 77.9 Å². The van der Waals surface area contributed by atoms with Gasteiger partial charge in [-0.1, -0.05) is 54.6 Å². The maximum Gasteiger partial charge on any atom is 0.243 e. The van der Waals surface area contributed by atoms with Crippen molar-refractivity contribution in [2.24, 2.45) is 0 Å². The van der Waals surface area contributed by atoms with E-state index in [1.165, 1.54) is 4.31 Å². The van der Waals surface area contributed by atoms with Gasteiger partial charge in [-0.2, -0.15) is 4.31 Å². The molecule has 0 bridgehead atoms. The molecule has 0 atom stereocenters. The first kappa shape index (κ1) is 22.5. The fourth-order valence-corrected chi connectivity index (χ4v) is 5.39. The molecule has 0 aromatic heterocycles. The largest absolute Gasteiger partial charge is 0.379 e. The van der Waals surface area contributed by atoms with E-state index in [2.05, 4.69) is 24.3 Å². The summed E-state index contributed by atoms with van der Waals surface area (Å²) in [7, 11) is -1.68. The third kappa shape index (κ3) is 5.01. The van der Waals surface area contributed by atoms with Gasteiger partial charge in [0.05, 0.1) is 18.1 Å². The highest BCUT2D eigenvalue weighted by atomic mass is 32.2. The average Bonchev–Trinajstić information content (AvgIpc) is 2.83. The van der Waals surface area contributed by atoms with Crippen molar-refractivity contribution in [3.63, 3.8) is 0 Å². The molecule has 0 unspecified atom stereocenters. The lowest BCUT2D eigenvalue weighted by atomic mass is 10.0. The van der Waals surface area contributed by atoms with Crippen LogP contribution < -0.4 is 0 Å². The highest BCUT2D eigenvalue weighted by molar-refractivity contribution is 7.89. The molecule has 0 radical (unpaired) electrons. The molecule has 4 rings (SSSR count). The molecule has 0 spiro atoms. The van der Waals surface area contributed by atoms with Crippen molar-refractivity contribution in [2.75, 3.05) is 33.4 Å². The molecule has 1 amide bonds.